The fourth-order valence-electron chi connectivity index (χ4n) is 2.64. The van der Waals surface area contributed by atoms with E-state index in [2.05, 4.69) is 21.3 Å². The number of nitrogens with zero attached hydrogens (tertiary/aromatic N) is 1. The molecular weight excluding hydrogens is 314 g/mol. The van der Waals surface area contributed by atoms with Gasteiger partial charge in [-0.1, -0.05) is 0 Å². The van der Waals surface area contributed by atoms with Gasteiger partial charge in [0.2, 0.25) is 23.6 Å². The first kappa shape index (κ1) is 19.9. The van der Waals surface area contributed by atoms with Crippen molar-refractivity contribution in [3.8, 4) is 0 Å². The first-order chi connectivity index (χ1) is 11.3. The molecule has 2 atom stereocenters. The summed E-state index contributed by atoms with van der Waals surface area (Å²) in [6, 6.07) is 0. The van der Waals surface area contributed by atoms with Crippen molar-refractivity contribution in [3.05, 3.63) is 0 Å². The second kappa shape index (κ2) is 9.86. The number of carbonyl (C=O) groups excluding carboxylic acids is 4. The Morgan fingerprint density at radius 1 is 0.750 bits per heavy atom. The second-order valence-electron chi connectivity index (χ2n) is 5.98. The molecule has 9 nitrogen and oxygen atoms in total. The maximum atomic E-state index is 12.3. The van der Waals surface area contributed by atoms with Crippen LogP contribution >= 0.6 is 0 Å². The molecule has 0 saturated carbocycles. The standard InChI is InChI=1S/C15H27N5O4/c1-10(21)16-4-6-18-14(23)12-8-20(3)9-13(12)15(24)19-7-5-17-11(2)22/h12-13H,4-9H2,1-3H3,(H,16,21)(H,17,22)(H,18,23)(H,19,24)/t12-,13-/m1/s1. The van der Waals surface area contributed by atoms with E-state index in [1.807, 2.05) is 11.9 Å². The highest BCUT2D eigenvalue weighted by Crippen LogP contribution is 2.22. The lowest BCUT2D eigenvalue weighted by atomic mass is 9.94. The number of amides is 4. The van der Waals surface area contributed by atoms with Gasteiger partial charge in [0.1, 0.15) is 0 Å². The molecule has 4 N–H and O–H groups in total. The van der Waals surface area contributed by atoms with E-state index in [0.29, 0.717) is 39.3 Å². The lowest BCUT2D eigenvalue weighted by Gasteiger charge is -2.18. The lowest BCUT2D eigenvalue weighted by molar-refractivity contribution is -0.132. The van der Waals surface area contributed by atoms with Gasteiger partial charge < -0.3 is 26.2 Å². The van der Waals surface area contributed by atoms with Gasteiger partial charge in [0.05, 0.1) is 11.8 Å². The van der Waals surface area contributed by atoms with Crippen LogP contribution in [0.5, 0.6) is 0 Å². The zero-order valence-corrected chi connectivity index (χ0v) is 14.5. The van der Waals surface area contributed by atoms with E-state index >= 15 is 0 Å². The molecular formula is C15H27N5O4. The van der Waals surface area contributed by atoms with Gasteiger partial charge in [-0.05, 0) is 7.05 Å². The number of hydrogen-bond acceptors (Lipinski definition) is 5. The van der Waals surface area contributed by atoms with Crippen LogP contribution in [0.15, 0.2) is 0 Å². The molecule has 24 heavy (non-hydrogen) atoms. The summed E-state index contributed by atoms with van der Waals surface area (Å²) in [5.74, 6) is -1.53. The number of rotatable bonds is 8. The Morgan fingerprint density at radius 2 is 1.08 bits per heavy atom. The maximum Gasteiger partial charge on any atom is 0.225 e. The molecule has 136 valence electrons. The molecule has 0 radical (unpaired) electrons. The third kappa shape index (κ3) is 6.95. The molecule has 0 aromatic heterocycles. The van der Waals surface area contributed by atoms with Crippen molar-refractivity contribution in [1.29, 1.82) is 0 Å². The van der Waals surface area contributed by atoms with Gasteiger partial charge >= 0.3 is 0 Å². The smallest absolute Gasteiger partial charge is 0.225 e. The largest absolute Gasteiger partial charge is 0.355 e. The Hall–Kier alpha value is -2.16. The number of nitrogens with one attached hydrogen (secondary N) is 4. The third-order valence-corrected chi connectivity index (χ3v) is 3.77. The van der Waals surface area contributed by atoms with Crippen molar-refractivity contribution in [3.63, 3.8) is 0 Å². The SMILES string of the molecule is CC(=O)NCCNC(=O)[C@@H]1CN(C)C[C@H]1C(=O)NCCNC(C)=O. The van der Waals surface area contributed by atoms with Crippen LogP contribution in [-0.2, 0) is 19.2 Å². The molecule has 9 heteroatoms. The number of hydrogen-bond donors (Lipinski definition) is 4. The third-order valence-electron chi connectivity index (χ3n) is 3.77. The molecule has 4 amide bonds. The van der Waals surface area contributed by atoms with E-state index in [1.54, 1.807) is 0 Å². The van der Waals surface area contributed by atoms with Crippen LogP contribution < -0.4 is 21.3 Å². The topological polar surface area (TPSA) is 120 Å². The van der Waals surface area contributed by atoms with Gasteiger partial charge in [-0.25, -0.2) is 0 Å². The Morgan fingerprint density at radius 3 is 1.42 bits per heavy atom. The van der Waals surface area contributed by atoms with E-state index in [9.17, 15) is 19.2 Å². The van der Waals surface area contributed by atoms with Crippen LogP contribution in [0.3, 0.4) is 0 Å². The monoisotopic (exact) mass is 341 g/mol. The van der Waals surface area contributed by atoms with Crippen molar-refractivity contribution in [2.45, 2.75) is 13.8 Å². The summed E-state index contributed by atoms with van der Waals surface area (Å²) in [4.78, 5) is 48.1. The molecule has 0 unspecified atom stereocenters. The number of carbonyl (C=O) groups is 4. The van der Waals surface area contributed by atoms with E-state index in [4.69, 9.17) is 0 Å². The Bertz CT molecular complexity index is 440. The first-order valence-electron chi connectivity index (χ1n) is 8.04. The molecule has 0 aromatic rings. The second-order valence-corrected chi connectivity index (χ2v) is 5.98. The van der Waals surface area contributed by atoms with Gasteiger partial charge in [-0.2, -0.15) is 0 Å². The minimum absolute atomic E-state index is 0.152. The normalized spacial score (nSPS) is 20.3. The maximum absolute atomic E-state index is 12.3. The van der Waals surface area contributed by atoms with Crippen LogP contribution in [-0.4, -0.2) is 74.8 Å². The summed E-state index contributed by atoms with van der Waals surface area (Å²) in [5.41, 5.74) is 0. The van der Waals surface area contributed by atoms with Crippen LogP contribution in [0.4, 0.5) is 0 Å². The van der Waals surface area contributed by atoms with Crippen LogP contribution in [0.2, 0.25) is 0 Å². The Kier molecular flexibility index (Phi) is 8.17. The van der Waals surface area contributed by atoms with Crippen molar-refractivity contribution < 1.29 is 19.2 Å². The van der Waals surface area contributed by atoms with Crippen LogP contribution in [0, 0.1) is 11.8 Å². The van der Waals surface area contributed by atoms with Gasteiger partial charge in [-0.15, -0.1) is 0 Å². The van der Waals surface area contributed by atoms with E-state index in [1.165, 1.54) is 13.8 Å². The summed E-state index contributed by atoms with van der Waals surface area (Å²) < 4.78 is 0. The van der Waals surface area contributed by atoms with Gasteiger partial charge in [0.15, 0.2) is 0 Å². The average Bonchev–Trinajstić information content (AvgIpc) is 2.89. The van der Waals surface area contributed by atoms with Crippen molar-refractivity contribution >= 4 is 23.6 Å². The summed E-state index contributed by atoms with van der Waals surface area (Å²) in [6.45, 7) is 5.22. The average molecular weight is 341 g/mol. The zero-order chi connectivity index (χ0) is 18.1. The molecule has 0 spiro atoms. The first-order valence-corrected chi connectivity index (χ1v) is 8.04. The van der Waals surface area contributed by atoms with Gasteiger partial charge in [0.25, 0.3) is 0 Å². The highest BCUT2D eigenvalue weighted by Gasteiger charge is 2.40. The summed E-state index contributed by atoms with van der Waals surface area (Å²) in [7, 11) is 1.86. The molecule has 1 fully saturated rings. The molecule has 0 aromatic carbocycles. The molecule has 0 bridgehead atoms. The predicted molar refractivity (Wildman–Crippen MR) is 87.9 cm³/mol. The minimum atomic E-state index is -0.423. The van der Waals surface area contributed by atoms with Gasteiger partial charge in [0, 0.05) is 53.1 Å². The fourth-order valence-corrected chi connectivity index (χ4v) is 2.64. The van der Waals surface area contributed by atoms with E-state index in [-0.39, 0.29) is 23.6 Å². The molecule has 1 aliphatic heterocycles. The number of likely N-dealkylation sites (tertiary alicyclic amines) is 1. The molecule has 1 saturated heterocycles. The Balaban J connectivity index is 2.43. The highest BCUT2D eigenvalue weighted by atomic mass is 16.2. The van der Waals surface area contributed by atoms with Crippen molar-refractivity contribution in [2.75, 3.05) is 46.3 Å². The molecule has 1 aliphatic rings. The predicted octanol–water partition coefficient (Wildman–Crippen LogP) is -2.33. The molecule has 1 rings (SSSR count). The fraction of sp³-hybridized carbons (Fsp3) is 0.733. The van der Waals surface area contributed by atoms with E-state index < -0.39 is 11.8 Å². The lowest BCUT2D eigenvalue weighted by Crippen LogP contribution is -2.44. The summed E-state index contributed by atoms with van der Waals surface area (Å²) in [5, 5.41) is 10.7. The van der Waals surface area contributed by atoms with Crippen molar-refractivity contribution in [1.82, 2.24) is 26.2 Å². The van der Waals surface area contributed by atoms with Crippen LogP contribution in [0.1, 0.15) is 13.8 Å². The van der Waals surface area contributed by atoms with Crippen LogP contribution in [0.25, 0.3) is 0 Å². The quantitative estimate of drug-likeness (QED) is 0.369. The minimum Gasteiger partial charge on any atom is -0.355 e. The molecule has 0 aliphatic carbocycles. The Labute approximate surface area is 141 Å². The zero-order valence-electron chi connectivity index (χ0n) is 14.5. The highest BCUT2D eigenvalue weighted by molar-refractivity contribution is 5.88. The molecule has 1 heterocycles. The summed E-state index contributed by atoms with van der Waals surface area (Å²) in [6.07, 6.45) is 0. The van der Waals surface area contributed by atoms with E-state index in [0.717, 1.165) is 0 Å². The van der Waals surface area contributed by atoms with Gasteiger partial charge in [-0.3, -0.25) is 19.2 Å². The van der Waals surface area contributed by atoms with Crippen molar-refractivity contribution in [2.24, 2.45) is 11.8 Å². The summed E-state index contributed by atoms with van der Waals surface area (Å²) >= 11 is 0.